The second-order valence-electron chi connectivity index (χ2n) is 22.3. The molecule has 88 heavy (non-hydrogen) atoms. The number of carbonyl (C=O) groups excluding carboxylic acids is 13. The van der Waals surface area contributed by atoms with Crippen LogP contribution in [0.15, 0.2) is 43.0 Å². The Morgan fingerprint density at radius 3 is 1.89 bits per heavy atom. The molecule has 3 aromatic rings. The third-order valence-corrected chi connectivity index (χ3v) is 15.1. The zero-order valence-electron chi connectivity index (χ0n) is 50.6. The number of nitrogens with two attached hydrogens (primary N) is 2. The van der Waals surface area contributed by atoms with Crippen LogP contribution in [0.2, 0.25) is 0 Å². The van der Waals surface area contributed by atoms with Crippen molar-refractivity contribution in [1.29, 1.82) is 0 Å². The van der Waals surface area contributed by atoms with E-state index in [1.165, 1.54) is 26.4 Å². The smallest absolute Gasteiger partial charge is 0.243 e. The Kier molecular flexibility index (Phi) is 30.4. The quantitative estimate of drug-likeness (QED) is 0.0282. The largest absolute Gasteiger partial charge is 0.370 e. The Labute approximate surface area is 516 Å². The lowest BCUT2D eigenvalue weighted by atomic mass is 9.84. The average molecular weight is 1250 g/mol. The first-order chi connectivity index (χ1) is 41.9. The Hall–Kier alpha value is -8.57. The van der Waals surface area contributed by atoms with Crippen LogP contribution in [0.3, 0.4) is 0 Å². The SMILES string of the molecule is CCCCC(NC(=O)[C@H](CC1CCCCC1)NC(=O)C(Cc1cnc[nH]1)NC(=O)CNC(=O)C(NC(=O)C(C)NC(=O)C(Cc1c[nH]c2ccccc12)NC(=O)C(CCC(N)=O)NC(=O)CCNC(=O)CCNC(=O)C(CS)NC(C)=O)C(C)C)C(N)=O. The van der Waals surface area contributed by atoms with Crippen molar-refractivity contribution in [2.45, 2.75) is 179 Å². The molecule has 1 aromatic carbocycles. The number of carbonyl (C=O) groups is 13. The molecule has 17 N–H and O–H groups in total. The van der Waals surface area contributed by atoms with Gasteiger partial charge in [0.05, 0.1) is 12.9 Å². The molecule has 0 aliphatic heterocycles. The predicted molar refractivity (Wildman–Crippen MR) is 326 cm³/mol. The number of hydrogen-bond donors (Lipinski definition) is 16. The Morgan fingerprint density at radius 1 is 0.614 bits per heavy atom. The zero-order chi connectivity index (χ0) is 64.9. The number of rotatable bonds is 38. The number of unbranched alkanes of at least 4 members (excludes halogenated alkanes) is 1. The highest BCUT2D eigenvalue weighted by Gasteiger charge is 2.35. The summed E-state index contributed by atoms with van der Waals surface area (Å²) in [6.45, 7) is 6.86. The molecule has 2 heterocycles. The molecule has 13 amide bonds. The number of para-hydroxylation sites is 1. The lowest BCUT2D eigenvalue weighted by Crippen LogP contribution is -2.59. The van der Waals surface area contributed by atoms with Crippen LogP contribution in [0.5, 0.6) is 0 Å². The summed E-state index contributed by atoms with van der Waals surface area (Å²) in [6, 6.07) is -2.50. The molecular formula is C58H88N16O13S. The van der Waals surface area contributed by atoms with Crippen LogP contribution < -0.4 is 70.0 Å². The van der Waals surface area contributed by atoms with Gasteiger partial charge in [0.25, 0.3) is 0 Å². The highest BCUT2D eigenvalue weighted by atomic mass is 32.1. The summed E-state index contributed by atoms with van der Waals surface area (Å²) >= 11 is 4.05. The minimum absolute atomic E-state index is 0.0254. The Bertz CT molecular complexity index is 2880. The molecule has 484 valence electrons. The number of primary amides is 2. The van der Waals surface area contributed by atoms with Crippen LogP contribution in [0.25, 0.3) is 10.9 Å². The number of imidazole rings is 1. The summed E-state index contributed by atoms with van der Waals surface area (Å²) in [5.41, 5.74) is 12.8. The number of amides is 13. The van der Waals surface area contributed by atoms with E-state index in [9.17, 15) is 62.3 Å². The molecule has 30 heteroatoms. The highest BCUT2D eigenvalue weighted by Crippen LogP contribution is 2.28. The first-order valence-corrected chi connectivity index (χ1v) is 30.4. The monoisotopic (exact) mass is 1250 g/mol. The molecule has 1 fully saturated rings. The van der Waals surface area contributed by atoms with E-state index < -0.39 is 138 Å². The topological polar surface area (TPSA) is 451 Å². The van der Waals surface area contributed by atoms with E-state index in [0.717, 1.165) is 38.5 Å². The molecule has 1 saturated carbocycles. The fourth-order valence-corrected chi connectivity index (χ4v) is 10.1. The second kappa shape index (κ2) is 37.2. The molecule has 0 saturated heterocycles. The van der Waals surface area contributed by atoms with Gasteiger partial charge in [-0.3, -0.25) is 62.3 Å². The van der Waals surface area contributed by atoms with Crippen LogP contribution in [0.4, 0.5) is 0 Å². The lowest BCUT2D eigenvalue weighted by molar-refractivity contribution is -0.135. The third kappa shape index (κ3) is 25.0. The van der Waals surface area contributed by atoms with Crippen LogP contribution in [0, 0.1) is 11.8 Å². The van der Waals surface area contributed by atoms with E-state index >= 15 is 0 Å². The number of aromatic amines is 2. The maximum absolute atomic E-state index is 14.3. The Morgan fingerprint density at radius 2 is 1.24 bits per heavy atom. The van der Waals surface area contributed by atoms with Crippen LogP contribution >= 0.6 is 12.6 Å². The van der Waals surface area contributed by atoms with Crippen molar-refractivity contribution in [3.05, 3.63) is 54.2 Å². The van der Waals surface area contributed by atoms with Crippen LogP contribution in [-0.2, 0) is 75.2 Å². The van der Waals surface area contributed by atoms with Gasteiger partial charge < -0.3 is 79.9 Å². The minimum atomic E-state index is -1.42. The average Bonchev–Trinajstić information content (AvgIpc) is 4.01. The van der Waals surface area contributed by atoms with Crippen molar-refractivity contribution in [3.8, 4) is 0 Å². The molecule has 1 aliphatic rings. The number of H-pyrrole nitrogens is 2. The van der Waals surface area contributed by atoms with Gasteiger partial charge in [0.2, 0.25) is 76.8 Å². The summed E-state index contributed by atoms with van der Waals surface area (Å²) in [5.74, 6) is -9.60. The minimum Gasteiger partial charge on any atom is -0.370 e. The number of benzene rings is 1. The van der Waals surface area contributed by atoms with Gasteiger partial charge in [-0.25, -0.2) is 4.98 Å². The van der Waals surface area contributed by atoms with Gasteiger partial charge in [0, 0.05) is 86.9 Å². The summed E-state index contributed by atoms with van der Waals surface area (Å²) in [5, 5.41) is 29.3. The number of hydrogen-bond acceptors (Lipinski definition) is 15. The van der Waals surface area contributed by atoms with Crippen molar-refractivity contribution in [3.63, 3.8) is 0 Å². The number of nitrogens with zero attached hydrogens (tertiary/aromatic N) is 1. The van der Waals surface area contributed by atoms with E-state index in [1.54, 1.807) is 44.3 Å². The van der Waals surface area contributed by atoms with E-state index in [-0.39, 0.29) is 69.7 Å². The number of fused-ring (bicyclic) bond motifs is 1. The first kappa shape index (κ1) is 71.9. The van der Waals surface area contributed by atoms with E-state index in [1.807, 2.05) is 6.92 Å². The second-order valence-corrected chi connectivity index (χ2v) is 22.7. The van der Waals surface area contributed by atoms with Crippen molar-refractivity contribution < 1.29 is 62.3 Å². The van der Waals surface area contributed by atoms with Crippen LogP contribution in [0.1, 0.15) is 129 Å². The van der Waals surface area contributed by atoms with Crippen LogP contribution in [-0.4, -0.2) is 165 Å². The molecular weight excluding hydrogens is 1160 g/mol. The van der Waals surface area contributed by atoms with E-state index in [0.29, 0.717) is 35.0 Å². The van der Waals surface area contributed by atoms with Crippen molar-refractivity contribution in [2.24, 2.45) is 23.3 Å². The molecule has 1 aliphatic carbocycles. The van der Waals surface area contributed by atoms with Gasteiger partial charge in [0.1, 0.15) is 48.3 Å². The fourth-order valence-electron chi connectivity index (χ4n) is 9.86. The summed E-state index contributed by atoms with van der Waals surface area (Å²) in [6.07, 6.45) is 9.79. The van der Waals surface area contributed by atoms with Gasteiger partial charge in [0.15, 0.2) is 0 Å². The summed E-state index contributed by atoms with van der Waals surface area (Å²) < 4.78 is 0. The van der Waals surface area contributed by atoms with Gasteiger partial charge in [-0.15, -0.1) is 0 Å². The summed E-state index contributed by atoms with van der Waals surface area (Å²) in [7, 11) is 0. The molecule has 8 atom stereocenters. The van der Waals surface area contributed by atoms with Gasteiger partial charge in [-0.1, -0.05) is 83.9 Å². The van der Waals surface area contributed by atoms with Crippen molar-refractivity contribution in [2.75, 3.05) is 25.4 Å². The van der Waals surface area contributed by atoms with Gasteiger partial charge >= 0.3 is 0 Å². The maximum Gasteiger partial charge on any atom is 0.243 e. The highest BCUT2D eigenvalue weighted by molar-refractivity contribution is 7.80. The summed E-state index contributed by atoms with van der Waals surface area (Å²) in [4.78, 5) is 181. The molecule has 0 radical (unpaired) electrons. The lowest BCUT2D eigenvalue weighted by Gasteiger charge is -2.29. The molecule has 0 spiro atoms. The fraction of sp³-hybridized carbons (Fsp3) is 0.586. The number of thiol groups is 1. The molecule has 7 unspecified atom stereocenters. The van der Waals surface area contributed by atoms with E-state index in [2.05, 4.69) is 86.1 Å². The van der Waals surface area contributed by atoms with Gasteiger partial charge in [-0.2, -0.15) is 12.6 Å². The Balaban J connectivity index is 1.42. The number of nitrogens with one attached hydrogen (secondary N) is 13. The molecule has 2 aromatic heterocycles. The van der Waals surface area contributed by atoms with Crippen molar-refractivity contribution in [1.82, 2.24) is 73.4 Å². The first-order valence-electron chi connectivity index (χ1n) is 29.8. The third-order valence-electron chi connectivity index (χ3n) is 14.8. The van der Waals surface area contributed by atoms with E-state index in [4.69, 9.17) is 11.5 Å². The normalized spacial score (nSPS) is 15.0. The predicted octanol–water partition coefficient (Wildman–Crippen LogP) is -1.78. The number of aromatic nitrogens is 3. The molecule has 0 bridgehead atoms. The zero-order valence-corrected chi connectivity index (χ0v) is 51.5. The maximum atomic E-state index is 14.3. The standard InChI is InChI=1S/C58H88N16O13S/c1-6-7-16-40(51(60)80)71-56(85)42(24-35-13-9-8-10-14-35)72-57(86)44(26-37-28-61-31-66-37)70-49(79)29-65-58(87)50(32(2)3)74-52(81)33(4)67-55(84)43(25-36-27-64-39-17-12-11-15-38(36)39)73-54(83)41(18-19-46(59)76)69-48(78)21-22-62-47(77)20-23-63-53(82)45(30-88)68-34(5)75/h11-12,15,17,27-28,31-33,35,40-45,50,64,88H,6-10,13-14,16,18-26,29-30H2,1-5H3,(H2,59,76)(H2,60,80)(H,61,66)(H,62,77)(H,63,82)(H,65,87)(H,67,84)(H,68,75)(H,69,78)(H,70,79)(H,71,85)(H,72,86)(H,73,83)(H,74,81)/t33?,40?,41?,42-,43?,44?,45?,50?/m0/s1. The molecule has 4 rings (SSSR count). The molecule has 29 nitrogen and oxygen atoms in total. The van der Waals surface area contributed by atoms with Gasteiger partial charge in [-0.05, 0) is 49.7 Å². The van der Waals surface area contributed by atoms with Crippen molar-refractivity contribution >= 4 is 100 Å².